The van der Waals surface area contributed by atoms with Crippen LogP contribution in [0.25, 0.3) is 0 Å². The molecule has 0 aliphatic carbocycles. The minimum absolute atomic E-state index is 0.0133. The molecule has 106 valence electrons. The summed E-state index contributed by atoms with van der Waals surface area (Å²) in [7, 11) is 1.49. The summed E-state index contributed by atoms with van der Waals surface area (Å²) in [4.78, 5) is 0. The molecule has 0 spiro atoms. The Labute approximate surface area is 126 Å². The fourth-order valence-electron chi connectivity index (χ4n) is 1.95. The second kappa shape index (κ2) is 6.33. The standard InChI is InChI=1S/C15H13Cl2FO2/c1-20-11-4-2-9(15(18)8-11)3-5-12-13(16)6-10(19)7-14(12)17/h2,4,6-8,19H,3,5H2,1H3. The first kappa shape index (κ1) is 14.9. The first-order valence-corrected chi connectivity index (χ1v) is 6.76. The van der Waals surface area contributed by atoms with Gasteiger partial charge in [-0.05, 0) is 42.2 Å². The van der Waals surface area contributed by atoms with Crippen molar-refractivity contribution in [2.24, 2.45) is 0 Å². The van der Waals surface area contributed by atoms with Crippen LogP contribution in [0.4, 0.5) is 4.39 Å². The average molecular weight is 315 g/mol. The van der Waals surface area contributed by atoms with Crippen LogP contribution >= 0.6 is 23.2 Å². The number of hydrogen-bond acceptors (Lipinski definition) is 2. The molecule has 0 bridgehead atoms. The lowest BCUT2D eigenvalue weighted by Crippen LogP contribution is -1.97. The number of phenolic OH excluding ortho intramolecular Hbond substituents is 1. The van der Waals surface area contributed by atoms with Crippen molar-refractivity contribution in [3.8, 4) is 11.5 Å². The number of halogens is 3. The average Bonchev–Trinajstić information content (AvgIpc) is 2.39. The van der Waals surface area contributed by atoms with Crippen molar-refractivity contribution in [2.75, 3.05) is 7.11 Å². The van der Waals surface area contributed by atoms with Crippen molar-refractivity contribution in [3.63, 3.8) is 0 Å². The number of phenols is 1. The van der Waals surface area contributed by atoms with Gasteiger partial charge in [0, 0.05) is 16.1 Å². The molecular formula is C15H13Cl2FO2. The summed E-state index contributed by atoms with van der Waals surface area (Å²) in [5, 5.41) is 10.1. The summed E-state index contributed by atoms with van der Waals surface area (Å²) in [5.74, 6) is 0.168. The van der Waals surface area contributed by atoms with Crippen LogP contribution in [0, 0.1) is 5.82 Å². The van der Waals surface area contributed by atoms with Crippen LogP contribution in [0.1, 0.15) is 11.1 Å². The van der Waals surface area contributed by atoms with Gasteiger partial charge in [-0.3, -0.25) is 0 Å². The predicted octanol–water partition coefficient (Wildman–Crippen LogP) is 4.63. The Morgan fingerprint density at radius 1 is 1.10 bits per heavy atom. The van der Waals surface area contributed by atoms with Crippen LogP contribution in [-0.2, 0) is 12.8 Å². The van der Waals surface area contributed by atoms with E-state index in [-0.39, 0.29) is 11.6 Å². The molecule has 0 radical (unpaired) electrons. The van der Waals surface area contributed by atoms with E-state index < -0.39 is 0 Å². The molecule has 1 N–H and O–H groups in total. The van der Waals surface area contributed by atoms with E-state index in [2.05, 4.69) is 0 Å². The quantitative estimate of drug-likeness (QED) is 0.891. The maximum Gasteiger partial charge on any atom is 0.130 e. The van der Waals surface area contributed by atoms with E-state index >= 15 is 0 Å². The lowest BCUT2D eigenvalue weighted by molar-refractivity contribution is 0.410. The number of benzene rings is 2. The van der Waals surface area contributed by atoms with E-state index in [1.807, 2.05) is 0 Å². The van der Waals surface area contributed by atoms with E-state index in [0.717, 1.165) is 0 Å². The molecule has 0 heterocycles. The molecule has 0 fully saturated rings. The van der Waals surface area contributed by atoms with Crippen molar-refractivity contribution in [1.29, 1.82) is 0 Å². The van der Waals surface area contributed by atoms with Gasteiger partial charge in [-0.2, -0.15) is 0 Å². The second-order valence-corrected chi connectivity index (χ2v) is 5.16. The molecule has 0 unspecified atom stereocenters. The molecule has 0 saturated carbocycles. The zero-order valence-corrected chi connectivity index (χ0v) is 12.3. The van der Waals surface area contributed by atoms with Crippen LogP contribution in [0.15, 0.2) is 30.3 Å². The normalized spacial score (nSPS) is 10.6. The smallest absolute Gasteiger partial charge is 0.130 e. The molecule has 0 atom stereocenters. The largest absolute Gasteiger partial charge is 0.508 e. The van der Waals surface area contributed by atoms with Crippen LogP contribution in [0.2, 0.25) is 10.0 Å². The maximum atomic E-state index is 13.8. The topological polar surface area (TPSA) is 29.5 Å². The van der Waals surface area contributed by atoms with Gasteiger partial charge >= 0.3 is 0 Å². The number of aromatic hydroxyl groups is 1. The lowest BCUT2D eigenvalue weighted by atomic mass is 10.0. The number of rotatable bonds is 4. The molecule has 0 aliphatic rings. The Morgan fingerprint density at radius 2 is 1.75 bits per heavy atom. The highest BCUT2D eigenvalue weighted by molar-refractivity contribution is 6.36. The number of hydrogen-bond donors (Lipinski definition) is 1. The van der Waals surface area contributed by atoms with Gasteiger partial charge in [0.05, 0.1) is 7.11 Å². The fraction of sp³-hybridized carbons (Fsp3) is 0.200. The molecule has 0 saturated heterocycles. The summed E-state index contributed by atoms with van der Waals surface area (Å²) in [5.41, 5.74) is 1.26. The highest BCUT2D eigenvalue weighted by Gasteiger charge is 2.10. The molecule has 2 aromatic rings. The first-order valence-electron chi connectivity index (χ1n) is 6.00. The zero-order valence-electron chi connectivity index (χ0n) is 10.8. The summed E-state index contributed by atoms with van der Waals surface area (Å²) < 4.78 is 18.8. The van der Waals surface area contributed by atoms with Crippen LogP contribution in [0.3, 0.4) is 0 Å². The SMILES string of the molecule is COc1ccc(CCc2c(Cl)cc(O)cc2Cl)c(F)c1. The van der Waals surface area contributed by atoms with Crippen molar-refractivity contribution in [3.05, 3.63) is 57.3 Å². The molecule has 2 aromatic carbocycles. The summed E-state index contributed by atoms with van der Waals surface area (Å²) in [6.45, 7) is 0. The predicted molar refractivity (Wildman–Crippen MR) is 78.5 cm³/mol. The Kier molecular flexibility index (Phi) is 4.73. The van der Waals surface area contributed by atoms with Gasteiger partial charge in [-0.15, -0.1) is 0 Å². The van der Waals surface area contributed by atoms with Crippen molar-refractivity contribution < 1.29 is 14.2 Å². The molecule has 2 rings (SSSR count). The summed E-state index contributed by atoms with van der Waals surface area (Å²) in [6, 6.07) is 7.57. The molecule has 2 nitrogen and oxygen atoms in total. The van der Waals surface area contributed by atoms with Crippen LogP contribution in [0.5, 0.6) is 11.5 Å². The fourth-order valence-corrected chi connectivity index (χ4v) is 2.61. The highest BCUT2D eigenvalue weighted by Crippen LogP contribution is 2.31. The van der Waals surface area contributed by atoms with E-state index in [1.54, 1.807) is 12.1 Å². The Hall–Kier alpha value is -1.45. The summed E-state index contributed by atoms with van der Waals surface area (Å²) in [6.07, 6.45) is 0.946. The number of aryl methyl sites for hydroxylation is 1. The maximum absolute atomic E-state index is 13.8. The number of ether oxygens (including phenoxy) is 1. The molecule has 5 heteroatoms. The van der Waals surface area contributed by atoms with Crippen molar-refractivity contribution in [2.45, 2.75) is 12.8 Å². The second-order valence-electron chi connectivity index (χ2n) is 4.35. The van der Waals surface area contributed by atoms with E-state index in [4.69, 9.17) is 27.9 Å². The molecule has 0 aliphatic heterocycles. The first-order chi connectivity index (χ1) is 9.51. The third kappa shape index (κ3) is 3.35. The number of methoxy groups -OCH3 is 1. The van der Waals surface area contributed by atoms with Crippen molar-refractivity contribution >= 4 is 23.2 Å². The molecular weight excluding hydrogens is 302 g/mol. The Morgan fingerprint density at radius 3 is 2.30 bits per heavy atom. The van der Waals surface area contributed by atoms with Gasteiger partial charge in [0.2, 0.25) is 0 Å². The van der Waals surface area contributed by atoms with E-state index in [0.29, 0.717) is 39.8 Å². The van der Waals surface area contributed by atoms with Crippen LogP contribution < -0.4 is 4.74 Å². The lowest BCUT2D eigenvalue weighted by Gasteiger charge is -2.09. The molecule has 20 heavy (non-hydrogen) atoms. The van der Waals surface area contributed by atoms with E-state index in [1.165, 1.54) is 25.3 Å². The van der Waals surface area contributed by atoms with E-state index in [9.17, 15) is 9.50 Å². The summed E-state index contributed by atoms with van der Waals surface area (Å²) >= 11 is 12.1. The minimum atomic E-state index is -0.324. The van der Waals surface area contributed by atoms with Crippen molar-refractivity contribution in [1.82, 2.24) is 0 Å². The zero-order chi connectivity index (χ0) is 14.7. The molecule has 0 amide bonds. The van der Waals surface area contributed by atoms with Gasteiger partial charge in [0.25, 0.3) is 0 Å². The van der Waals surface area contributed by atoms with Gasteiger partial charge in [-0.1, -0.05) is 29.3 Å². The monoisotopic (exact) mass is 314 g/mol. The highest BCUT2D eigenvalue weighted by atomic mass is 35.5. The van der Waals surface area contributed by atoms with Crippen LogP contribution in [-0.4, -0.2) is 12.2 Å². The minimum Gasteiger partial charge on any atom is -0.508 e. The van der Waals surface area contributed by atoms with Gasteiger partial charge in [0.15, 0.2) is 0 Å². The Bertz CT molecular complexity index is 606. The van der Waals surface area contributed by atoms with Gasteiger partial charge in [-0.25, -0.2) is 4.39 Å². The third-order valence-corrected chi connectivity index (χ3v) is 3.70. The van der Waals surface area contributed by atoms with Gasteiger partial charge < -0.3 is 9.84 Å². The Balaban J connectivity index is 2.17. The molecule has 0 aromatic heterocycles. The third-order valence-electron chi connectivity index (χ3n) is 3.03. The van der Waals surface area contributed by atoms with Gasteiger partial charge in [0.1, 0.15) is 17.3 Å².